The van der Waals surface area contributed by atoms with Crippen molar-refractivity contribution < 1.29 is 14.4 Å². The van der Waals surface area contributed by atoms with Gasteiger partial charge in [0.15, 0.2) is 17.3 Å². The molecule has 5 atom stereocenters. The number of ketones is 3. The number of carbonyl (C=O) groups is 3. The SMILES string of the molecule is Cc1ccc([C@@H]2C(=O)[C@@H]3[C@@H](C2=O)[C@@H]2c4ccccc4C=NN2[C@@H]3C(=O)c2ccc(Br)cc2)cc1. The van der Waals surface area contributed by atoms with Crippen LogP contribution in [0.15, 0.2) is 82.4 Å². The molecule has 0 N–H and O–H groups in total. The van der Waals surface area contributed by atoms with E-state index in [2.05, 4.69) is 21.0 Å². The first kappa shape index (κ1) is 21.2. The molecule has 3 aromatic rings. The molecule has 1 saturated carbocycles. The van der Waals surface area contributed by atoms with Crippen LogP contribution in [0, 0.1) is 18.8 Å². The molecule has 3 aliphatic rings. The van der Waals surface area contributed by atoms with Gasteiger partial charge in [-0.25, -0.2) is 0 Å². The molecule has 0 spiro atoms. The first-order valence-corrected chi connectivity index (χ1v) is 12.1. The number of hydrazone groups is 1. The number of halogens is 1. The normalized spacial score (nSPS) is 26.9. The summed E-state index contributed by atoms with van der Waals surface area (Å²) >= 11 is 3.41. The van der Waals surface area contributed by atoms with E-state index in [0.717, 1.165) is 21.2 Å². The molecular weight excluding hydrogens is 492 g/mol. The highest BCUT2D eigenvalue weighted by Gasteiger charge is 2.65. The van der Waals surface area contributed by atoms with Gasteiger partial charge < -0.3 is 0 Å². The Morgan fingerprint density at radius 3 is 2.29 bits per heavy atom. The van der Waals surface area contributed by atoms with Gasteiger partial charge in [0.05, 0.1) is 24.1 Å². The highest BCUT2D eigenvalue weighted by Crippen LogP contribution is 2.55. The van der Waals surface area contributed by atoms with E-state index < -0.39 is 29.8 Å². The molecule has 5 nitrogen and oxygen atoms in total. The van der Waals surface area contributed by atoms with Crippen molar-refractivity contribution in [2.75, 3.05) is 0 Å². The summed E-state index contributed by atoms with van der Waals surface area (Å²) in [4.78, 5) is 41.6. The Morgan fingerprint density at radius 1 is 0.882 bits per heavy atom. The summed E-state index contributed by atoms with van der Waals surface area (Å²) in [6.45, 7) is 1.97. The minimum absolute atomic E-state index is 0.119. The maximum absolute atomic E-state index is 13.9. The van der Waals surface area contributed by atoms with Crippen molar-refractivity contribution in [1.82, 2.24) is 5.01 Å². The minimum atomic E-state index is -0.851. The molecular formula is C28H21BrN2O3. The molecule has 2 heterocycles. The summed E-state index contributed by atoms with van der Waals surface area (Å²) in [6, 6.07) is 21.2. The number of aryl methyl sites for hydroxylation is 1. The Balaban J connectivity index is 1.49. The van der Waals surface area contributed by atoms with Crippen LogP contribution < -0.4 is 0 Å². The van der Waals surface area contributed by atoms with Crippen LogP contribution in [0.5, 0.6) is 0 Å². The molecule has 6 heteroatoms. The molecule has 168 valence electrons. The summed E-state index contributed by atoms with van der Waals surface area (Å²) in [5.41, 5.74) is 4.11. The minimum Gasteiger partial charge on any atom is -0.298 e. The number of Topliss-reactive ketones (excluding diaryl/α,β-unsaturated/α-hetero) is 3. The number of carbonyl (C=O) groups excluding carboxylic acids is 3. The zero-order chi connectivity index (χ0) is 23.6. The molecule has 0 unspecified atom stereocenters. The molecule has 6 rings (SSSR count). The number of hydrogen-bond acceptors (Lipinski definition) is 5. The molecule has 0 aromatic heterocycles. The number of rotatable bonds is 3. The van der Waals surface area contributed by atoms with Crippen LogP contribution in [0.1, 0.15) is 44.6 Å². The standard InChI is InChI=1S/C28H21BrN2O3/c1-15-6-8-16(9-7-15)21-27(33)22-23(28(21)34)25(26(32)17-10-12-19(29)13-11-17)31-24(22)20-5-3-2-4-18(20)14-30-31/h2-14,21-25H,1H3/t21-,22+,23+,24-,25-/m0/s1. The van der Waals surface area contributed by atoms with Crippen LogP contribution in [0.4, 0.5) is 0 Å². The predicted molar refractivity (Wildman–Crippen MR) is 132 cm³/mol. The summed E-state index contributed by atoms with van der Waals surface area (Å²) in [5.74, 6) is -2.71. The third kappa shape index (κ3) is 3.05. The Hall–Kier alpha value is -3.38. The van der Waals surface area contributed by atoms with Crippen molar-refractivity contribution >= 4 is 39.5 Å². The first-order chi connectivity index (χ1) is 16.5. The number of hydrogen-bond donors (Lipinski definition) is 0. The summed E-state index contributed by atoms with van der Waals surface area (Å²) < 4.78 is 0.864. The lowest BCUT2D eigenvalue weighted by Crippen LogP contribution is -2.41. The van der Waals surface area contributed by atoms with Crippen molar-refractivity contribution in [1.29, 1.82) is 0 Å². The van der Waals surface area contributed by atoms with Gasteiger partial charge in [-0.05, 0) is 35.7 Å². The highest BCUT2D eigenvalue weighted by atomic mass is 79.9. The molecule has 1 aliphatic carbocycles. The van der Waals surface area contributed by atoms with Gasteiger partial charge in [0, 0.05) is 10.0 Å². The Kier molecular flexibility index (Phi) is 4.88. The van der Waals surface area contributed by atoms with E-state index in [-0.39, 0.29) is 17.3 Å². The lowest BCUT2D eigenvalue weighted by molar-refractivity contribution is -0.126. The molecule has 34 heavy (non-hydrogen) atoms. The number of nitrogens with zero attached hydrogens (tertiary/aromatic N) is 2. The van der Waals surface area contributed by atoms with Gasteiger partial charge in [-0.3, -0.25) is 19.4 Å². The van der Waals surface area contributed by atoms with Crippen molar-refractivity contribution in [2.45, 2.75) is 24.9 Å². The third-order valence-corrected chi connectivity index (χ3v) is 7.84. The second kappa shape index (κ2) is 7.84. The van der Waals surface area contributed by atoms with E-state index in [0.29, 0.717) is 11.1 Å². The van der Waals surface area contributed by atoms with Gasteiger partial charge in [-0.1, -0.05) is 82.2 Å². The first-order valence-electron chi connectivity index (χ1n) is 11.3. The fourth-order valence-corrected chi connectivity index (χ4v) is 6.01. The zero-order valence-electron chi connectivity index (χ0n) is 18.4. The molecule has 0 bridgehead atoms. The van der Waals surface area contributed by atoms with Gasteiger partial charge in [-0.2, -0.15) is 5.10 Å². The quantitative estimate of drug-likeness (QED) is 0.370. The van der Waals surface area contributed by atoms with Crippen molar-refractivity contribution in [2.24, 2.45) is 16.9 Å². The summed E-state index contributed by atoms with van der Waals surface area (Å²) in [5, 5.41) is 6.32. The fourth-order valence-electron chi connectivity index (χ4n) is 5.75. The van der Waals surface area contributed by atoms with Crippen LogP contribution in [0.3, 0.4) is 0 Å². The largest absolute Gasteiger partial charge is 0.298 e. The van der Waals surface area contributed by atoms with E-state index >= 15 is 0 Å². The maximum Gasteiger partial charge on any atom is 0.187 e. The third-order valence-electron chi connectivity index (χ3n) is 7.32. The number of fused-ring (bicyclic) bond motifs is 5. The summed E-state index contributed by atoms with van der Waals surface area (Å²) in [6.07, 6.45) is 1.72. The topological polar surface area (TPSA) is 66.8 Å². The van der Waals surface area contributed by atoms with Gasteiger partial charge in [0.2, 0.25) is 0 Å². The molecule has 3 aromatic carbocycles. The molecule has 0 amide bonds. The van der Waals surface area contributed by atoms with Gasteiger partial charge >= 0.3 is 0 Å². The van der Waals surface area contributed by atoms with Crippen molar-refractivity contribution in [3.05, 3.63) is 105 Å². The van der Waals surface area contributed by atoms with Crippen molar-refractivity contribution in [3.63, 3.8) is 0 Å². The highest BCUT2D eigenvalue weighted by molar-refractivity contribution is 9.10. The van der Waals surface area contributed by atoms with E-state index in [1.54, 1.807) is 23.4 Å². The molecule has 1 saturated heterocycles. The predicted octanol–water partition coefficient (Wildman–Crippen LogP) is 4.88. The number of benzene rings is 3. The second-order valence-electron chi connectivity index (χ2n) is 9.21. The maximum atomic E-state index is 13.9. The van der Waals surface area contributed by atoms with Gasteiger partial charge in [0.1, 0.15) is 12.0 Å². The average Bonchev–Trinajstić information content (AvgIpc) is 3.32. The Morgan fingerprint density at radius 2 is 1.56 bits per heavy atom. The van der Waals surface area contributed by atoms with E-state index in [9.17, 15) is 14.4 Å². The van der Waals surface area contributed by atoms with E-state index in [1.165, 1.54) is 0 Å². The van der Waals surface area contributed by atoms with Gasteiger partial charge in [0.25, 0.3) is 0 Å². The van der Waals surface area contributed by atoms with Crippen LogP contribution in [0.2, 0.25) is 0 Å². The van der Waals surface area contributed by atoms with Crippen LogP contribution in [0.25, 0.3) is 0 Å². The van der Waals surface area contributed by atoms with E-state index in [4.69, 9.17) is 0 Å². The lowest BCUT2D eigenvalue weighted by atomic mass is 9.83. The van der Waals surface area contributed by atoms with E-state index in [1.807, 2.05) is 67.6 Å². The van der Waals surface area contributed by atoms with Crippen LogP contribution in [-0.2, 0) is 9.59 Å². The Labute approximate surface area is 205 Å². The fraction of sp³-hybridized carbons (Fsp3) is 0.214. The average molecular weight is 513 g/mol. The lowest BCUT2D eigenvalue weighted by Gasteiger charge is -2.33. The molecule has 2 aliphatic heterocycles. The van der Waals surface area contributed by atoms with Gasteiger partial charge in [-0.15, -0.1) is 0 Å². The molecule has 2 fully saturated rings. The van der Waals surface area contributed by atoms with Crippen LogP contribution >= 0.6 is 15.9 Å². The smallest absolute Gasteiger partial charge is 0.187 e. The summed E-state index contributed by atoms with van der Waals surface area (Å²) in [7, 11) is 0. The zero-order valence-corrected chi connectivity index (χ0v) is 20.0. The monoisotopic (exact) mass is 512 g/mol. The van der Waals surface area contributed by atoms with Crippen molar-refractivity contribution in [3.8, 4) is 0 Å². The van der Waals surface area contributed by atoms with Crippen LogP contribution in [-0.4, -0.2) is 34.6 Å². The second-order valence-corrected chi connectivity index (χ2v) is 10.1. The Bertz CT molecular complexity index is 1360. The molecule has 0 radical (unpaired) electrons.